The molecule has 3 rings (SSSR count). The second-order valence-electron chi connectivity index (χ2n) is 5.05. The number of ether oxygens (including phenoxy) is 1. The summed E-state index contributed by atoms with van der Waals surface area (Å²) in [5, 5.41) is 13.5. The number of terminal acetylenes is 1. The summed E-state index contributed by atoms with van der Waals surface area (Å²) in [5.74, 6) is 3.93. The topological polar surface area (TPSA) is 55.2 Å². The van der Waals surface area contributed by atoms with Crippen molar-refractivity contribution in [3.05, 3.63) is 52.6 Å². The van der Waals surface area contributed by atoms with Crippen LogP contribution < -0.4 is 4.74 Å². The molecule has 5 nitrogen and oxygen atoms in total. The Labute approximate surface area is 145 Å². The minimum atomic E-state index is 0.199. The Kier molecular flexibility index (Phi) is 4.73. The van der Waals surface area contributed by atoms with E-state index < -0.39 is 0 Å². The van der Waals surface area contributed by atoms with Crippen molar-refractivity contribution in [2.75, 3.05) is 6.61 Å². The fraction of sp³-hybridized carbons (Fsp3) is 0.167. The van der Waals surface area contributed by atoms with E-state index in [0.29, 0.717) is 10.5 Å². The summed E-state index contributed by atoms with van der Waals surface area (Å²) in [6.45, 7) is 2.20. The van der Waals surface area contributed by atoms with Crippen molar-refractivity contribution in [3.8, 4) is 18.1 Å². The molecule has 1 aromatic heterocycles. The standard InChI is InChI=1S/C18H16N4OS/c1-3-11-23-16-10-9-13-7-5-6-8-14(13)15(16)12-19-22-17(4-2)20-21-18(22)24/h1,5-10,12H,4,11H2,2H3,(H,21,24). The van der Waals surface area contributed by atoms with Gasteiger partial charge in [-0.3, -0.25) is 5.10 Å². The van der Waals surface area contributed by atoms with Crippen molar-refractivity contribution in [3.63, 3.8) is 0 Å². The van der Waals surface area contributed by atoms with E-state index >= 15 is 0 Å². The van der Waals surface area contributed by atoms with Crippen LogP contribution in [0.2, 0.25) is 0 Å². The average Bonchev–Trinajstić information content (AvgIpc) is 2.98. The van der Waals surface area contributed by atoms with Crippen LogP contribution in [0.1, 0.15) is 18.3 Å². The Balaban J connectivity index is 2.12. The molecule has 0 aliphatic heterocycles. The number of H-pyrrole nitrogens is 1. The smallest absolute Gasteiger partial charge is 0.216 e. The zero-order valence-electron chi connectivity index (χ0n) is 13.2. The molecule has 6 heteroatoms. The molecule has 0 bridgehead atoms. The molecule has 120 valence electrons. The molecule has 0 saturated heterocycles. The summed E-state index contributed by atoms with van der Waals surface area (Å²) in [7, 11) is 0. The van der Waals surface area contributed by atoms with Gasteiger partial charge in [0.1, 0.15) is 12.4 Å². The highest BCUT2D eigenvalue weighted by molar-refractivity contribution is 7.71. The van der Waals surface area contributed by atoms with Gasteiger partial charge in [0.2, 0.25) is 4.77 Å². The van der Waals surface area contributed by atoms with Crippen LogP contribution in [0.25, 0.3) is 10.8 Å². The van der Waals surface area contributed by atoms with E-state index in [1.807, 2.05) is 43.3 Å². The number of hydrogen-bond donors (Lipinski definition) is 1. The van der Waals surface area contributed by atoms with E-state index in [-0.39, 0.29) is 6.61 Å². The summed E-state index contributed by atoms with van der Waals surface area (Å²) >= 11 is 5.23. The highest BCUT2D eigenvalue weighted by atomic mass is 32.1. The molecule has 1 N–H and O–H groups in total. The molecular weight excluding hydrogens is 320 g/mol. The third-order valence-electron chi connectivity index (χ3n) is 3.58. The zero-order valence-corrected chi connectivity index (χ0v) is 14.0. The van der Waals surface area contributed by atoms with Crippen LogP contribution in [0.4, 0.5) is 0 Å². The van der Waals surface area contributed by atoms with Gasteiger partial charge in [-0.1, -0.05) is 43.2 Å². The maximum Gasteiger partial charge on any atom is 0.216 e. The number of aromatic amines is 1. The molecule has 0 atom stereocenters. The first-order valence-corrected chi connectivity index (χ1v) is 7.94. The predicted molar refractivity (Wildman–Crippen MR) is 98.1 cm³/mol. The van der Waals surface area contributed by atoms with Crippen molar-refractivity contribution in [1.82, 2.24) is 14.9 Å². The van der Waals surface area contributed by atoms with Gasteiger partial charge < -0.3 is 4.74 Å². The van der Waals surface area contributed by atoms with E-state index in [0.717, 1.165) is 28.6 Å². The Morgan fingerprint density at radius 1 is 1.38 bits per heavy atom. The van der Waals surface area contributed by atoms with Gasteiger partial charge in [-0.05, 0) is 29.1 Å². The Hall–Kier alpha value is -2.91. The monoisotopic (exact) mass is 336 g/mol. The lowest BCUT2D eigenvalue weighted by Crippen LogP contribution is -2.01. The lowest BCUT2D eigenvalue weighted by molar-refractivity contribution is 0.370. The summed E-state index contributed by atoms with van der Waals surface area (Å²) < 4.78 is 7.73. The summed E-state index contributed by atoms with van der Waals surface area (Å²) in [4.78, 5) is 0. The molecule has 0 spiro atoms. The lowest BCUT2D eigenvalue weighted by atomic mass is 10.0. The highest BCUT2D eigenvalue weighted by Crippen LogP contribution is 2.26. The SMILES string of the molecule is C#CCOc1ccc2ccccc2c1C=Nn1c(CC)n[nH]c1=S. The van der Waals surface area contributed by atoms with Gasteiger partial charge in [0.15, 0.2) is 5.82 Å². The average molecular weight is 336 g/mol. The molecule has 0 aliphatic rings. The second-order valence-corrected chi connectivity index (χ2v) is 5.43. The molecule has 0 fully saturated rings. The van der Waals surface area contributed by atoms with Gasteiger partial charge in [0, 0.05) is 12.0 Å². The van der Waals surface area contributed by atoms with Crippen LogP contribution in [-0.4, -0.2) is 27.7 Å². The Morgan fingerprint density at radius 3 is 3.00 bits per heavy atom. The maximum absolute atomic E-state index is 5.67. The Morgan fingerprint density at radius 2 is 2.21 bits per heavy atom. The summed E-state index contributed by atoms with van der Waals surface area (Å²) in [5.41, 5.74) is 0.855. The van der Waals surface area contributed by atoms with E-state index in [2.05, 4.69) is 21.2 Å². The summed E-state index contributed by atoms with van der Waals surface area (Å²) in [6, 6.07) is 11.9. The molecule has 0 radical (unpaired) electrons. The molecule has 1 heterocycles. The van der Waals surface area contributed by atoms with Crippen LogP contribution >= 0.6 is 12.2 Å². The maximum atomic E-state index is 5.67. The lowest BCUT2D eigenvalue weighted by Gasteiger charge is -2.10. The van der Waals surface area contributed by atoms with Gasteiger partial charge in [0.05, 0.1) is 6.21 Å². The molecule has 2 aromatic carbocycles. The largest absolute Gasteiger partial charge is 0.480 e. The minimum Gasteiger partial charge on any atom is -0.480 e. The van der Waals surface area contributed by atoms with Crippen LogP contribution in [0.5, 0.6) is 5.75 Å². The van der Waals surface area contributed by atoms with Crippen molar-refractivity contribution in [2.24, 2.45) is 5.10 Å². The number of hydrogen-bond acceptors (Lipinski definition) is 4. The third-order valence-corrected chi connectivity index (χ3v) is 3.84. The molecule has 3 aromatic rings. The number of aryl methyl sites for hydroxylation is 1. The molecule has 24 heavy (non-hydrogen) atoms. The normalized spacial score (nSPS) is 11.0. The van der Waals surface area contributed by atoms with Gasteiger partial charge in [0.25, 0.3) is 0 Å². The minimum absolute atomic E-state index is 0.199. The predicted octanol–water partition coefficient (Wildman–Crippen LogP) is 3.55. The van der Waals surface area contributed by atoms with Gasteiger partial charge in [-0.25, -0.2) is 0 Å². The molecule has 0 unspecified atom stereocenters. The first kappa shape index (κ1) is 16.0. The molecule has 0 amide bonds. The van der Waals surface area contributed by atoms with Crippen molar-refractivity contribution >= 4 is 29.2 Å². The van der Waals surface area contributed by atoms with Gasteiger partial charge in [-0.15, -0.1) is 6.42 Å². The Bertz CT molecular complexity index is 994. The number of aromatic nitrogens is 3. The van der Waals surface area contributed by atoms with Crippen molar-refractivity contribution < 1.29 is 4.74 Å². The van der Waals surface area contributed by atoms with Crippen LogP contribution in [0.3, 0.4) is 0 Å². The number of rotatable bonds is 5. The quantitative estimate of drug-likeness (QED) is 0.440. The van der Waals surface area contributed by atoms with E-state index in [4.69, 9.17) is 23.4 Å². The van der Waals surface area contributed by atoms with E-state index in [1.54, 1.807) is 10.9 Å². The van der Waals surface area contributed by atoms with Crippen LogP contribution in [-0.2, 0) is 6.42 Å². The zero-order chi connectivity index (χ0) is 16.9. The molecule has 0 saturated carbocycles. The first-order valence-electron chi connectivity index (χ1n) is 7.53. The summed E-state index contributed by atoms with van der Waals surface area (Å²) in [6.07, 6.45) is 7.77. The second kappa shape index (κ2) is 7.11. The highest BCUT2D eigenvalue weighted by Gasteiger charge is 2.08. The first-order chi connectivity index (χ1) is 11.7. The fourth-order valence-electron chi connectivity index (χ4n) is 2.44. The van der Waals surface area contributed by atoms with Gasteiger partial charge in [-0.2, -0.15) is 14.9 Å². The van der Waals surface area contributed by atoms with Crippen LogP contribution in [0, 0.1) is 17.1 Å². The number of nitrogens with one attached hydrogen (secondary N) is 1. The van der Waals surface area contributed by atoms with Crippen molar-refractivity contribution in [2.45, 2.75) is 13.3 Å². The fourth-order valence-corrected chi connectivity index (χ4v) is 2.64. The third kappa shape index (κ3) is 3.07. The van der Waals surface area contributed by atoms with Gasteiger partial charge >= 0.3 is 0 Å². The number of nitrogens with zero attached hydrogens (tertiary/aromatic N) is 3. The van der Waals surface area contributed by atoms with E-state index in [1.165, 1.54) is 0 Å². The number of fused-ring (bicyclic) bond motifs is 1. The number of benzene rings is 2. The molecular formula is C18H16N4OS. The van der Waals surface area contributed by atoms with Crippen molar-refractivity contribution in [1.29, 1.82) is 0 Å². The molecule has 0 aliphatic carbocycles. The van der Waals surface area contributed by atoms with Crippen LogP contribution in [0.15, 0.2) is 41.5 Å². The van der Waals surface area contributed by atoms with E-state index in [9.17, 15) is 0 Å².